The highest BCUT2D eigenvalue weighted by Crippen LogP contribution is 2.37. The molecule has 1 fully saturated rings. The summed E-state index contributed by atoms with van der Waals surface area (Å²) in [6.45, 7) is 1.12. The fourth-order valence-electron chi connectivity index (χ4n) is 2.86. The van der Waals surface area contributed by atoms with E-state index in [4.69, 9.17) is 11.6 Å². The van der Waals surface area contributed by atoms with E-state index in [0.717, 1.165) is 23.8 Å². The highest BCUT2D eigenvalue weighted by atomic mass is 35.5. The summed E-state index contributed by atoms with van der Waals surface area (Å²) in [5.41, 5.74) is 0.152. The van der Waals surface area contributed by atoms with Crippen molar-refractivity contribution in [1.82, 2.24) is 9.88 Å². The maximum atomic E-state index is 14.7. The summed E-state index contributed by atoms with van der Waals surface area (Å²) < 4.78 is 56.0. The van der Waals surface area contributed by atoms with E-state index in [0.29, 0.717) is 13.1 Å². The molecule has 1 aliphatic rings. The number of nitrogens with zero attached hydrogens (tertiary/aromatic N) is 3. The van der Waals surface area contributed by atoms with Crippen molar-refractivity contribution in [3.05, 3.63) is 34.3 Å². The lowest BCUT2D eigenvalue weighted by Crippen LogP contribution is -2.31. The zero-order chi connectivity index (χ0) is 19.1. The smallest absolute Gasteiger partial charge is 0.269 e. The van der Waals surface area contributed by atoms with Gasteiger partial charge in [0.2, 0.25) is 0 Å². The normalized spacial score (nSPS) is 17.9. The monoisotopic (exact) mass is 422 g/mol. The Bertz CT molecular complexity index is 907. The van der Waals surface area contributed by atoms with E-state index in [1.54, 1.807) is 4.90 Å². The number of thiazole rings is 1. The van der Waals surface area contributed by atoms with Gasteiger partial charge in [0.1, 0.15) is 10.8 Å². The van der Waals surface area contributed by atoms with Gasteiger partial charge < -0.3 is 9.80 Å². The summed E-state index contributed by atoms with van der Waals surface area (Å²) in [6.07, 6.45) is 2.19. The van der Waals surface area contributed by atoms with Crippen molar-refractivity contribution in [3.8, 4) is 0 Å². The van der Waals surface area contributed by atoms with Gasteiger partial charge in [-0.3, -0.25) is 4.72 Å². The number of nitrogens with one attached hydrogen (secondary N) is 1. The van der Waals surface area contributed by atoms with E-state index < -0.39 is 31.6 Å². The minimum absolute atomic E-state index is 0.0115. The Balaban J connectivity index is 1.96. The number of likely N-dealkylation sites (N-methyl/N-ethyl adjacent to an activating group) is 1. The highest BCUT2D eigenvalue weighted by molar-refractivity contribution is 7.93. The molecule has 1 aliphatic heterocycles. The number of anilines is 2. The van der Waals surface area contributed by atoms with Crippen molar-refractivity contribution in [2.75, 3.05) is 36.8 Å². The van der Waals surface area contributed by atoms with Gasteiger partial charge in [-0.15, -0.1) is 11.3 Å². The van der Waals surface area contributed by atoms with Gasteiger partial charge >= 0.3 is 0 Å². The first-order chi connectivity index (χ1) is 12.2. The molecule has 1 N–H and O–H groups in total. The lowest BCUT2D eigenvalue weighted by Gasteiger charge is -2.23. The molecule has 142 valence electrons. The van der Waals surface area contributed by atoms with Gasteiger partial charge in [-0.25, -0.2) is 22.2 Å². The zero-order valence-electron chi connectivity index (χ0n) is 14.0. The number of hydrogen-bond donors (Lipinski definition) is 1. The molecule has 3 rings (SSSR count). The van der Waals surface area contributed by atoms with Gasteiger partial charge in [-0.2, -0.15) is 0 Å². The maximum absolute atomic E-state index is 14.7. The van der Waals surface area contributed by atoms with E-state index in [1.165, 1.54) is 11.6 Å². The molecular weight excluding hydrogens is 406 g/mol. The van der Waals surface area contributed by atoms with Crippen LogP contribution in [0.3, 0.4) is 0 Å². The molecule has 0 radical (unpaired) electrons. The molecule has 1 aromatic carbocycles. The Kier molecular flexibility index (Phi) is 5.38. The summed E-state index contributed by atoms with van der Waals surface area (Å²) >= 11 is 7.06. The number of halogens is 3. The van der Waals surface area contributed by atoms with E-state index in [-0.39, 0.29) is 16.9 Å². The first kappa shape index (κ1) is 19.3. The van der Waals surface area contributed by atoms with Crippen LogP contribution >= 0.6 is 22.9 Å². The lowest BCUT2D eigenvalue weighted by atomic mass is 10.2. The van der Waals surface area contributed by atoms with Crippen molar-refractivity contribution in [2.45, 2.75) is 17.4 Å². The molecule has 26 heavy (non-hydrogen) atoms. The fraction of sp³-hybridized carbons (Fsp3) is 0.400. The Morgan fingerprint density at radius 1 is 1.42 bits per heavy atom. The average Bonchev–Trinajstić information content (AvgIpc) is 3.21. The molecule has 6 nitrogen and oxygen atoms in total. The van der Waals surface area contributed by atoms with Crippen LogP contribution in [0.2, 0.25) is 5.02 Å². The van der Waals surface area contributed by atoms with Gasteiger partial charge in [-0.1, -0.05) is 11.6 Å². The number of benzene rings is 1. The van der Waals surface area contributed by atoms with Crippen LogP contribution in [0.5, 0.6) is 0 Å². The molecule has 11 heteroatoms. The van der Waals surface area contributed by atoms with Gasteiger partial charge in [-0.05, 0) is 20.5 Å². The summed E-state index contributed by atoms with van der Waals surface area (Å²) in [5, 5.41) is 1.14. The first-order valence-corrected chi connectivity index (χ1v) is 10.5. The third-order valence-corrected chi connectivity index (χ3v) is 6.81. The first-order valence-electron chi connectivity index (χ1n) is 7.72. The minimum atomic E-state index is -4.49. The Hall–Kier alpha value is -1.49. The second kappa shape index (κ2) is 7.26. The van der Waals surface area contributed by atoms with Crippen molar-refractivity contribution >= 4 is 43.8 Å². The fourth-order valence-corrected chi connectivity index (χ4v) is 5.12. The van der Waals surface area contributed by atoms with E-state index in [9.17, 15) is 17.2 Å². The number of hydrogen-bond acceptors (Lipinski definition) is 6. The predicted octanol–water partition coefficient (Wildman–Crippen LogP) is 3.02. The van der Waals surface area contributed by atoms with Gasteiger partial charge in [0.25, 0.3) is 10.0 Å². The standard InChI is InChI=1S/C15H17ClF2N4O2S2/c1-21(2)9-3-5-22(8-9)11-7-10(17)14(13(18)12(11)16)26(23,24)20-15-19-4-6-25-15/h4,6-7,9H,3,5,8H2,1-2H3,(H,19,20)/t9-/m1/s1. The Morgan fingerprint density at radius 2 is 2.15 bits per heavy atom. The second-order valence-corrected chi connectivity index (χ2v) is 9.02. The van der Waals surface area contributed by atoms with Crippen LogP contribution in [0.15, 0.2) is 22.5 Å². The molecule has 0 spiro atoms. The number of rotatable bonds is 5. The quantitative estimate of drug-likeness (QED) is 0.750. The predicted molar refractivity (Wildman–Crippen MR) is 98.6 cm³/mol. The van der Waals surface area contributed by atoms with Gasteiger partial charge in [0.15, 0.2) is 15.8 Å². The molecular formula is C15H17ClF2N4O2S2. The van der Waals surface area contributed by atoms with Crippen molar-refractivity contribution in [2.24, 2.45) is 0 Å². The SMILES string of the molecule is CN(C)[C@@H]1CCN(c2cc(F)c(S(=O)(=O)Nc3nccs3)c(F)c2Cl)C1. The molecule has 0 bridgehead atoms. The topological polar surface area (TPSA) is 65.5 Å². The van der Waals surface area contributed by atoms with Crippen LogP contribution in [-0.4, -0.2) is 51.5 Å². The third kappa shape index (κ3) is 3.64. The van der Waals surface area contributed by atoms with Crippen molar-refractivity contribution in [1.29, 1.82) is 0 Å². The number of sulfonamides is 1. The molecule has 0 unspecified atom stereocenters. The summed E-state index contributed by atoms with van der Waals surface area (Å²) in [4.78, 5) is 6.42. The van der Waals surface area contributed by atoms with Crippen LogP contribution in [0.4, 0.5) is 19.6 Å². The average molecular weight is 423 g/mol. The molecule has 1 atom stereocenters. The Labute approximate surface area is 159 Å². The van der Waals surface area contributed by atoms with E-state index >= 15 is 0 Å². The van der Waals surface area contributed by atoms with E-state index in [2.05, 4.69) is 9.71 Å². The zero-order valence-corrected chi connectivity index (χ0v) is 16.4. The highest BCUT2D eigenvalue weighted by Gasteiger charge is 2.32. The molecule has 1 aromatic heterocycles. The molecule has 0 saturated carbocycles. The maximum Gasteiger partial charge on any atom is 0.269 e. The van der Waals surface area contributed by atoms with Crippen LogP contribution in [0, 0.1) is 11.6 Å². The summed E-state index contributed by atoms with van der Waals surface area (Å²) in [7, 11) is -0.640. The van der Waals surface area contributed by atoms with Gasteiger partial charge in [0, 0.05) is 36.8 Å². The van der Waals surface area contributed by atoms with Crippen LogP contribution in [0.1, 0.15) is 6.42 Å². The summed E-state index contributed by atoms with van der Waals surface area (Å²) in [6, 6.07) is 1.20. The molecule has 0 amide bonds. The summed E-state index contributed by atoms with van der Waals surface area (Å²) in [5.74, 6) is -2.50. The molecule has 2 heterocycles. The van der Waals surface area contributed by atoms with E-state index in [1.807, 2.05) is 19.0 Å². The largest absolute Gasteiger partial charge is 0.369 e. The lowest BCUT2D eigenvalue weighted by molar-refractivity contribution is 0.315. The van der Waals surface area contributed by atoms with Crippen LogP contribution in [-0.2, 0) is 10.0 Å². The van der Waals surface area contributed by atoms with Crippen molar-refractivity contribution in [3.63, 3.8) is 0 Å². The Morgan fingerprint density at radius 3 is 2.73 bits per heavy atom. The van der Waals surface area contributed by atoms with Crippen molar-refractivity contribution < 1.29 is 17.2 Å². The minimum Gasteiger partial charge on any atom is -0.369 e. The molecule has 0 aliphatic carbocycles. The molecule has 2 aromatic rings. The van der Waals surface area contributed by atoms with Gasteiger partial charge in [0.05, 0.1) is 5.69 Å². The second-order valence-electron chi connectivity index (χ2n) is 6.13. The third-order valence-electron chi connectivity index (χ3n) is 4.25. The molecule has 1 saturated heterocycles. The van der Waals surface area contributed by atoms with Crippen LogP contribution < -0.4 is 9.62 Å². The number of aromatic nitrogens is 1. The van der Waals surface area contributed by atoms with Crippen LogP contribution in [0.25, 0.3) is 0 Å².